The van der Waals surface area contributed by atoms with Gasteiger partial charge in [0.05, 0.1) is 12.4 Å². The molecule has 0 aliphatic carbocycles. The van der Waals surface area contributed by atoms with E-state index in [-0.39, 0.29) is 24.7 Å². The molecule has 0 radical (unpaired) electrons. The minimum Gasteiger partial charge on any atom is -0.395 e. The average Bonchev–Trinajstić information content (AvgIpc) is 2.42. The fraction of sp³-hybridized carbons (Fsp3) is 0.600. The highest BCUT2D eigenvalue weighted by Crippen LogP contribution is 2.30. The van der Waals surface area contributed by atoms with Gasteiger partial charge in [0.2, 0.25) is 0 Å². The molecule has 4 nitrogen and oxygen atoms in total. The zero-order valence-electron chi connectivity index (χ0n) is 12.3. The van der Waals surface area contributed by atoms with Gasteiger partial charge in [-0.15, -0.1) is 0 Å². The van der Waals surface area contributed by atoms with Crippen molar-refractivity contribution < 1.29 is 13.5 Å². The van der Waals surface area contributed by atoms with Crippen LogP contribution in [0.3, 0.4) is 0 Å². The predicted octanol–water partition coefficient (Wildman–Crippen LogP) is 1.40. The summed E-state index contributed by atoms with van der Waals surface area (Å²) >= 11 is 0. The van der Waals surface area contributed by atoms with Crippen LogP contribution in [-0.2, 0) is 15.3 Å². The highest BCUT2D eigenvalue weighted by Gasteiger charge is 2.32. The molecule has 0 bridgehead atoms. The van der Waals surface area contributed by atoms with Crippen molar-refractivity contribution in [3.8, 4) is 0 Å². The third-order valence-electron chi connectivity index (χ3n) is 3.82. The Morgan fingerprint density at radius 2 is 1.90 bits per heavy atom. The molecule has 1 unspecified atom stereocenters. The van der Waals surface area contributed by atoms with Crippen molar-refractivity contribution in [1.29, 1.82) is 0 Å². The maximum Gasteiger partial charge on any atom is 0.150 e. The number of benzene rings is 1. The van der Waals surface area contributed by atoms with Gasteiger partial charge in [-0.05, 0) is 30.9 Å². The Morgan fingerprint density at radius 3 is 2.40 bits per heavy atom. The molecule has 0 spiro atoms. The van der Waals surface area contributed by atoms with E-state index in [1.54, 1.807) is 0 Å². The normalized spacial score (nSPS) is 15.0. The molecule has 0 aromatic heterocycles. The summed E-state index contributed by atoms with van der Waals surface area (Å²) in [6.07, 6.45) is 0.967. The number of aliphatic hydroxyl groups excluding tert-OH is 1. The van der Waals surface area contributed by atoms with Crippen LogP contribution in [0.5, 0.6) is 0 Å². The largest absolute Gasteiger partial charge is 0.395 e. The summed E-state index contributed by atoms with van der Waals surface area (Å²) in [4.78, 5) is 0. The molecular weight excluding hydrogens is 274 g/mol. The van der Waals surface area contributed by atoms with E-state index in [0.29, 0.717) is 12.8 Å². The molecule has 5 heteroatoms. The zero-order valence-corrected chi connectivity index (χ0v) is 13.1. The Kier molecular flexibility index (Phi) is 6.17. The number of aryl methyl sites for hydroxylation is 1. The third-order valence-corrected chi connectivity index (χ3v) is 5.67. The Labute approximate surface area is 121 Å². The van der Waals surface area contributed by atoms with Crippen molar-refractivity contribution in [2.45, 2.75) is 32.1 Å². The number of rotatable bonds is 8. The number of aliphatic hydroxyl groups is 1. The first-order valence-corrected chi connectivity index (χ1v) is 8.80. The fourth-order valence-corrected chi connectivity index (χ4v) is 4.04. The first-order chi connectivity index (χ1) is 9.40. The summed E-state index contributed by atoms with van der Waals surface area (Å²) in [5, 5.41) is 9.81. The molecule has 3 N–H and O–H groups in total. The van der Waals surface area contributed by atoms with Gasteiger partial charge in [0.1, 0.15) is 9.84 Å². The summed E-state index contributed by atoms with van der Waals surface area (Å²) in [5.74, 6) is 0.250. The van der Waals surface area contributed by atoms with Crippen LogP contribution in [0.25, 0.3) is 0 Å². The third kappa shape index (κ3) is 4.04. The van der Waals surface area contributed by atoms with Crippen molar-refractivity contribution in [3.05, 3.63) is 35.4 Å². The zero-order chi connectivity index (χ0) is 15.2. The number of hydrogen-bond acceptors (Lipinski definition) is 4. The molecule has 1 atom stereocenters. The van der Waals surface area contributed by atoms with Gasteiger partial charge in [-0.1, -0.05) is 31.2 Å². The van der Waals surface area contributed by atoms with Gasteiger partial charge in [0, 0.05) is 17.7 Å². The lowest BCUT2D eigenvalue weighted by Crippen LogP contribution is -2.41. The van der Waals surface area contributed by atoms with E-state index in [2.05, 4.69) is 0 Å². The predicted molar refractivity (Wildman–Crippen MR) is 82.6 cm³/mol. The van der Waals surface area contributed by atoms with Crippen molar-refractivity contribution in [1.82, 2.24) is 0 Å². The van der Waals surface area contributed by atoms with E-state index < -0.39 is 15.3 Å². The van der Waals surface area contributed by atoms with E-state index in [9.17, 15) is 13.5 Å². The van der Waals surface area contributed by atoms with Crippen LogP contribution >= 0.6 is 0 Å². The van der Waals surface area contributed by atoms with Crippen LogP contribution in [0.4, 0.5) is 0 Å². The minimum absolute atomic E-state index is 0.0624. The topological polar surface area (TPSA) is 80.4 Å². The number of sulfone groups is 1. The molecule has 0 fully saturated rings. The first kappa shape index (κ1) is 17.1. The van der Waals surface area contributed by atoms with Crippen molar-refractivity contribution in [3.63, 3.8) is 0 Å². The van der Waals surface area contributed by atoms with Gasteiger partial charge < -0.3 is 10.8 Å². The second kappa shape index (κ2) is 7.20. The molecule has 0 heterocycles. The van der Waals surface area contributed by atoms with Gasteiger partial charge in [0.15, 0.2) is 0 Å². The molecule has 0 amide bonds. The van der Waals surface area contributed by atoms with Gasteiger partial charge in [-0.3, -0.25) is 0 Å². The molecule has 0 aliphatic heterocycles. The first-order valence-electron chi connectivity index (χ1n) is 6.98. The van der Waals surface area contributed by atoms with Crippen LogP contribution in [0.2, 0.25) is 0 Å². The summed E-state index contributed by atoms with van der Waals surface area (Å²) in [6.45, 7) is 3.89. The Morgan fingerprint density at radius 1 is 1.25 bits per heavy atom. The molecule has 114 valence electrons. The van der Waals surface area contributed by atoms with E-state index in [4.69, 9.17) is 5.73 Å². The van der Waals surface area contributed by atoms with Crippen LogP contribution in [0, 0.1) is 6.92 Å². The van der Waals surface area contributed by atoms with E-state index in [1.807, 2.05) is 38.1 Å². The van der Waals surface area contributed by atoms with Crippen LogP contribution in [0.1, 0.15) is 30.9 Å². The maximum atomic E-state index is 11.9. The number of nitrogens with two attached hydrogens (primary N) is 1. The summed E-state index contributed by atoms with van der Waals surface area (Å²) in [6, 6.07) is 7.69. The summed E-state index contributed by atoms with van der Waals surface area (Å²) in [7, 11) is -3.07. The smallest absolute Gasteiger partial charge is 0.150 e. The SMILES string of the molecule is CCCS(=O)(=O)CCC(CN)(CO)c1ccccc1C. The highest BCUT2D eigenvalue weighted by molar-refractivity contribution is 7.91. The maximum absolute atomic E-state index is 11.9. The average molecular weight is 299 g/mol. The quantitative estimate of drug-likeness (QED) is 0.760. The highest BCUT2D eigenvalue weighted by atomic mass is 32.2. The lowest BCUT2D eigenvalue weighted by molar-refractivity contribution is 0.192. The molecule has 1 rings (SSSR count). The lowest BCUT2D eigenvalue weighted by Gasteiger charge is -2.32. The molecule has 1 aromatic rings. The van der Waals surface area contributed by atoms with E-state index in [0.717, 1.165) is 11.1 Å². The number of hydrogen-bond donors (Lipinski definition) is 2. The summed E-state index contributed by atoms with van der Waals surface area (Å²) in [5.41, 5.74) is 7.16. The molecule has 0 aliphatic rings. The van der Waals surface area contributed by atoms with E-state index in [1.165, 1.54) is 0 Å². The van der Waals surface area contributed by atoms with Crippen LogP contribution in [-0.4, -0.2) is 38.2 Å². The molecular formula is C15H25NO3S. The van der Waals surface area contributed by atoms with E-state index >= 15 is 0 Å². The molecule has 0 saturated heterocycles. The van der Waals surface area contributed by atoms with Crippen LogP contribution in [0.15, 0.2) is 24.3 Å². The second-order valence-electron chi connectivity index (χ2n) is 5.36. The Bertz CT molecular complexity index is 522. The fourth-order valence-electron chi connectivity index (χ4n) is 2.51. The Hall–Kier alpha value is -0.910. The Balaban J connectivity index is 3.02. The van der Waals surface area contributed by atoms with Crippen molar-refractivity contribution in [2.24, 2.45) is 5.73 Å². The minimum atomic E-state index is -3.07. The van der Waals surface area contributed by atoms with Gasteiger partial charge in [-0.2, -0.15) is 0 Å². The van der Waals surface area contributed by atoms with Crippen molar-refractivity contribution in [2.75, 3.05) is 24.7 Å². The van der Waals surface area contributed by atoms with Crippen LogP contribution < -0.4 is 5.73 Å². The molecule has 20 heavy (non-hydrogen) atoms. The molecule has 0 saturated carbocycles. The van der Waals surface area contributed by atoms with Gasteiger partial charge in [0.25, 0.3) is 0 Å². The van der Waals surface area contributed by atoms with Gasteiger partial charge >= 0.3 is 0 Å². The standard InChI is InChI=1S/C15H25NO3S/c1-3-9-20(18,19)10-8-15(11-16,12-17)14-7-5-4-6-13(14)2/h4-7,17H,3,8-12,16H2,1-2H3. The van der Waals surface area contributed by atoms with Gasteiger partial charge in [-0.25, -0.2) is 8.42 Å². The monoisotopic (exact) mass is 299 g/mol. The van der Waals surface area contributed by atoms with Crippen molar-refractivity contribution >= 4 is 9.84 Å². The lowest BCUT2D eigenvalue weighted by atomic mass is 9.77. The molecule has 1 aromatic carbocycles. The second-order valence-corrected chi connectivity index (χ2v) is 7.66. The summed E-state index contributed by atoms with van der Waals surface area (Å²) < 4.78 is 23.8.